The lowest BCUT2D eigenvalue weighted by molar-refractivity contribution is -0.127. The Hall–Kier alpha value is -1.36. The molecule has 1 aromatic carbocycles. The van der Waals surface area contributed by atoms with Gasteiger partial charge in [0.25, 0.3) is 0 Å². The summed E-state index contributed by atoms with van der Waals surface area (Å²) < 4.78 is 5.54. The van der Waals surface area contributed by atoms with Crippen molar-refractivity contribution in [2.75, 3.05) is 13.7 Å². The van der Waals surface area contributed by atoms with Crippen molar-refractivity contribution in [2.24, 2.45) is 0 Å². The molecule has 3 rings (SSSR count). The summed E-state index contributed by atoms with van der Waals surface area (Å²) in [4.78, 5) is 13.0. The molecule has 1 saturated carbocycles. The normalized spacial score (nSPS) is 17.6. The lowest BCUT2D eigenvalue weighted by Gasteiger charge is -2.29. The third kappa shape index (κ3) is 3.51. The minimum Gasteiger partial charge on any atom is -0.375 e. The molecule has 1 N–H and O–H groups in total. The summed E-state index contributed by atoms with van der Waals surface area (Å²) in [6.07, 6.45) is 3.82. The van der Waals surface area contributed by atoms with Crippen LogP contribution in [-0.2, 0) is 14.9 Å². The Morgan fingerprint density at radius 2 is 2.00 bits per heavy atom. The van der Waals surface area contributed by atoms with Crippen molar-refractivity contribution in [3.8, 4) is 0 Å². The molecule has 1 heterocycles. The van der Waals surface area contributed by atoms with Gasteiger partial charge in [-0.25, -0.2) is 0 Å². The van der Waals surface area contributed by atoms with Crippen LogP contribution in [0.3, 0.4) is 0 Å². The molecule has 0 bridgehead atoms. The first kappa shape index (κ1) is 17.5. The van der Waals surface area contributed by atoms with Gasteiger partial charge < -0.3 is 10.1 Å². The lowest BCUT2D eigenvalue weighted by atomic mass is 9.78. The van der Waals surface area contributed by atoms with Crippen LogP contribution in [0.4, 0.5) is 0 Å². The highest BCUT2D eigenvalue weighted by Gasteiger charge is 2.42. The predicted molar refractivity (Wildman–Crippen MR) is 98.7 cm³/mol. The molecule has 1 atom stereocenters. The van der Waals surface area contributed by atoms with Gasteiger partial charge in [0.15, 0.2) is 0 Å². The number of carbonyl (C=O) groups is 1. The third-order valence-corrected chi connectivity index (χ3v) is 5.89. The second-order valence-electron chi connectivity index (χ2n) is 6.29. The molecule has 24 heavy (non-hydrogen) atoms. The van der Waals surface area contributed by atoms with Crippen molar-refractivity contribution in [2.45, 2.75) is 37.2 Å². The van der Waals surface area contributed by atoms with E-state index in [4.69, 9.17) is 16.3 Å². The molecule has 5 heteroatoms. The highest BCUT2D eigenvalue weighted by Crippen LogP contribution is 2.41. The van der Waals surface area contributed by atoms with E-state index in [1.165, 1.54) is 0 Å². The van der Waals surface area contributed by atoms with E-state index in [1.807, 2.05) is 35.7 Å². The van der Waals surface area contributed by atoms with Crippen LogP contribution < -0.4 is 5.32 Å². The van der Waals surface area contributed by atoms with E-state index in [0.717, 1.165) is 36.8 Å². The van der Waals surface area contributed by atoms with Gasteiger partial charge in [-0.1, -0.05) is 36.6 Å². The number of hydrogen-bond donors (Lipinski definition) is 1. The summed E-state index contributed by atoms with van der Waals surface area (Å²) in [5, 5.41) is 7.91. The van der Waals surface area contributed by atoms with Crippen LogP contribution in [0.5, 0.6) is 0 Å². The standard InChI is InChI=1S/C19H22ClNO2S/c1-23-17(14-8-11-24-13-14)12-21-18(22)19(9-2-3-10-19)15-4-6-16(20)7-5-15/h4-8,11,13,17H,2-3,9-10,12H2,1H3,(H,21,22)/t17-/m0/s1. The van der Waals surface area contributed by atoms with Crippen molar-refractivity contribution < 1.29 is 9.53 Å². The maximum absolute atomic E-state index is 13.0. The first-order chi connectivity index (χ1) is 11.7. The van der Waals surface area contributed by atoms with Gasteiger partial charge in [0, 0.05) is 18.7 Å². The lowest BCUT2D eigenvalue weighted by Crippen LogP contribution is -2.44. The van der Waals surface area contributed by atoms with E-state index in [0.29, 0.717) is 11.6 Å². The first-order valence-electron chi connectivity index (χ1n) is 8.25. The highest BCUT2D eigenvalue weighted by atomic mass is 35.5. The summed E-state index contributed by atoms with van der Waals surface area (Å²) >= 11 is 7.64. The molecule has 1 aliphatic carbocycles. The second-order valence-corrected chi connectivity index (χ2v) is 7.50. The Morgan fingerprint density at radius 1 is 1.29 bits per heavy atom. The largest absolute Gasteiger partial charge is 0.375 e. The summed E-state index contributed by atoms with van der Waals surface area (Å²) in [5.74, 6) is 0.0969. The Morgan fingerprint density at radius 3 is 2.58 bits per heavy atom. The van der Waals surface area contributed by atoms with Crippen LogP contribution >= 0.6 is 22.9 Å². The summed E-state index contributed by atoms with van der Waals surface area (Å²) in [7, 11) is 1.68. The van der Waals surface area contributed by atoms with Crippen LogP contribution in [0, 0.1) is 0 Å². The molecular formula is C19H22ClNO2S. The van der Waals surface area contributed by atoms with Crippen LogP contribution in [0.1, 0.15) is 42.9 Å². The molecule has 0 radical (unpaired) electrons. The number of carbonyl (C=O) groups excluding carboxylic acids is 1. The fourth-order valence-electron chi connectivity index (χ4n) is 3.54. The Labute approximate surface area is 152 Å². The number of rotatable bonds is 6. The van der Waals surface area contributed by atoms with E-state index in [1.54, 1.807) is 18.4 Å². The average Bonchev–Trinajstić information content (AvgIpc) is 3.28. The maximum atomic E-state index is 13.0. The molecule has 2 aromatic rings. The summed E-state index contributed by atoms with van der Waals surface area (Å²) in [5.41, 5.74) is 1.73. The van der Waals surface area contributed by atoms with Gasteiger partial charge in [0.05, 0.1) is 5.41 Å². The van der Waals surface area contributed by atoms with Crippen LogP contribution in [-0.4, -0.2) is 19.6 Å². The van der Waals surface area contributed by atoms with E-state index in [9.17, 15) is 4.79 Å². The van der Waals surface area contributed by atoms with Gasteiger partial charge in [-0.15, -0.1) is 0 Å². The summed E-state index contributed by atoms with van der Waals surface area (Å²) in [6, 6.07) is 9.75. The highest BCUT2D eigenvalue weighted by molar-refractivity contribution is 7.07. The Kier molecular flexibility index (Phi) is 5.59. The Balaban J connectivity index is 1.74. The van der Waals surface area contributed by atoms with E-state index < -0.39 is 5.41 Å². The number of benzene rings is 1. The molecule has 128 valence electrons. The summed E-state index contributed by atoms with van der Waals surface area (Å²) in [6.45, 7) is 0.488. The maximum Gasteiger partial charge on any atom is 0.230 e. The smallest absolute Gasteiger partial charge is 0.230 e. The Bertz CT molecular complexity index is 663. The van der Waals surface area contributed by atoms with E-state index in [2.05, 4.69) is 10.7 Å². The fourth-order valence-corrected chi connectivity index (χ4v) is 4.37. The second kappa shape index (κ2) is 7.68. The van der Waals surface area contributed by atoms with Crippen LogP contribution in [0.15, 0.2) is 41.1 Å². The van der Waals surface area contributed by atoms with Crippen molar-refractivity contribution in [1.82, 2.24) is 5.32 Å². The number of methoxy groups -OCH3 is 1. The molecule has 3 nitrogen and oxygen atoms in total. The number of thiophene rings is 1. The number of halogens is 1. The van der Waals surface area contributed by atoms with Gasteiger partial charge in [-0.05, 0) is 52.9 Å². The van der Waals surface area contributed by atoms with E-state index in [-0.39, 0.29) is 12.0 Å². The molecule has 1 fully saturated rings. The molecule has 0 saturated heterocycles. The average molecular weight is 364 g/mol. The molecule has 1 aromatic heterocycles. The minimum absolute atomic E-state index is 0.0969. The first-order valence-corrected chi connectivity index (χ1v) is 9.57. The van der Waals surface area contributed by atoms with Gasteiger partial charge in [-0.2, -0.15) is 11.3 Å². The molecule has 0 unspecified atom stereocenters. The van der Waals surface area contributed by atoms with Gasteiger partial charge in [0.1, 0.15) is 6.10 Å². The van der Waals surface area contributed by atoms with Gasteiger partial charge in [-0.3, -0.25) is 4.79 Å². The zero-order valence-corrected chi connectivity index (χ0v) is 15.3. The minimum atomic E-state index is -0.433. The topological polar surface area (TPSA) is 38.3 Å². The molecule has 1 aliphatic rings. The number of hydrogen-bond acceptors (Lipinski definition) is 3. The SMILES string of the molecule is CO[C@@H](CNC(=O)C1(c2ccc(Cl)cc2)CCCC1)c1ccsc1. The van der Waals surface area contributed by atoms with Crippen LogP contribution in [0.25, 0.3) is 0 Å². The molecule has 1 amide bonds. The monoisotopic (exact) mass is 363 g/mol. The van der Waals surface area contributed by atoms with Gasteiger partial charge >= 0.3 is 0 Å². The number of nitrogens with one attached hydrogen (secondary N) is 1. The number of amides is 1. The van der Waals surface area contributed by atoms with Gasteiger partial charge in [0.2, 0.25) is 5.91 Å². The van der Waals surface area contributed by atoms with Crippen molar-refractivity contribution in [3.05, 3.63) is 57.2 Å². The van der Waals surface area contributed by atoms with Crippen molar-refractivity contribution in [1.29, 1.82) is 0 Å². The zero-order valence-electron chi connectivity index (χ0n) is 13.8. The number of ether oxygens (including phenoxy) is 1. The molecule has 0 spiro atoms. The van der Waals surface area contributed by atoms with Crippen molar-refractivity contribution >= 4 is 28.8 Å². The predicted octanol–water partition coefficient (Wildman–Crippen LogP) is 4.72. The van der Waals surface area contributed by atoms with E-state index >= 15 is 0 Å². The van der Waals surface area contributed by atoms with Crippen LogP contribution in [0.2, 0.25) is 5.02 Å². The zero-order chi connectivity index (χ0) is 17.0. The fraction of sp³-hybridized carbons (Fsp3) is 0.421. The quantitative estimate of drug-likeness (QED) is 0.806. The third-order valence-electron chi connectivity index (χ3n) is 4.94. The molecular weight excluding hydrogens is 342 g/mol. The molecule has 0 aliphatic heterocycles. The van der Waals surface area contributed by atoms with Crippen molar-refractivity contribution in [3.63, 3.8) is 0 Å².